The highest BCUT2D eigenvalue weighted by Gasteiger charge is 2.22. The molecular formula is C51H31N3O. The molecule has 11 aromatic rings. The molecule has 0 radical (unpaired) electrons. The molecule has 9 aromatic carbocycles. The van der Waals surface area contributed by atoms with Crippen LogP contribution in [0.25, 0.3) is 111 Å². The molecule has 0 spiro atoms. The van der Waals surface area contributed by atoms with Crippen LogP contribution >= 0.6 is 0 Å². The van der Waals surface area contributed by atoms with Gasteiger partial charge in [0, 0.05) is 32.8 Å². The van der Waals surface area contributed by atoms with Crippen molar-refractivity contribution in [2.24, 2.45) is 0 Å². The molecule has 4 nitrogen and oxygen atoms in total. The zero-order chi connectivity index (χ0) is 36.3. The highest BCUT2D eigenvalue weighted by Crippen LogP contribution is 2.44. The van der Waals surface area contributed by atoms with Crippen LogP contribution in [-0.4, -0.2) is 15.0 Å². The van der Waals surface area contributed by atoms with Crippen molar-refractivity contribution in [1.82, 2.24) is 15.0 Å². The fourth-order valence-electron chi connectivity index (χ4n) is 7.97. The highest BCUT2D eigenvalue weighted by molar-refractivity contribution is 6.23. The first-order valence-corrected chi connectivity index (χ1v) is 18.5. The lowest BCUT2D eigenvalue weighted by atomic mass is 9.93. The van der Waals surface area contributed by atoms with Crippen molar-refractivity contribution in [2.75, 3.05) is 0 Å². The molecule has 0 bridgehead atoms. The van der Waals surface area contributed by atoms with Crippen molar-refractivity contribution < 1.29 is 4.42 Å². The van der Waals surface area contributed by atoms with Crippen molar-refractivity contribution >= 4 is 54.3 Å². The highest BCUT2D eigenvalue weighted by atomic mass is 16.3. The summed E-state index contributed by atoms with van der Waals surface area (Å²) >= 11 is 0. The number of benzene rings is 9. The maximum atomic E-state index is 6.79. The molecule has 0 saturated heterocycles. The Kier molecular flexibility index (Phi) is 7.14. The quantitative estimate of drug-likeness (QED) is 0.179. The number of furan rings is 1. The number of nitrogens with zero attached hydrogens (tertiary/aromatic N) is 3. The number of rotatable bonds is 5. The van der Waals surface area contributed by atoms with Gasteiger partial charge >= 0.3 is 0 Å². The Bertz CT molecular complexity index is 3260. The van der Waals surface area contributed by atoms with Crippen molar-refractivity contribution in [3.05, 3.63) is 188 Å². The third kappa shape index (κ3) is 5.34. The molecule has 55 heavy (non-hydrogen) atoms. The molecule has 0 aliphatic heterocycles. The van der Waals surface area contributed by atoms with Crippen molar-refractivity contribution in [1.29, 1.82) is 0 Å². The van der Waals surface area contributed by atoms with Gasteiger partial charge in [0.05, 0.1) is 0 Å². The lowest BCUT2D eigenvalue weighted by Gasteiger charge is -2.13. The van der Waals surface area contributed by atoms with Crippen LogP contribution in [0.15, 0.2) is 192 Å². The summed E-state index contributed by atoms with van der Waals surface area (Å²) in [6.45, 7) is 0. The average Bonchev–Trinajstić information content (AvgIpc) is 3.66. The summed E-state index contributed by atoms with van der Waals surface area (Å²) < 4.78 is 6.79. The predicted octanol–water partition coefficient (Wildman–Crippen LogP) is 13.6. The van der Waals surface area contributed by atoms with Gasteiger partial charge in [0.15, 0.2) is 17.5 Å². The minimum absolute atomic E-state index is 0.594. The smallest absolute Gasteiger partial charge is 0.164 e. The first kappa shape index (κ1) is 31.1. The zero-order valence-corrected chi connectivity index (χ0v) is 29.6. The Morgan fingerprint density at radius 1 is 0.309 bits per heavy atom. The summed E-state index contributed by atoms with van der Waals surface area (Å²) in [5.74, 6) is 1.82. The molecule has 0 N–H and O–H groups in total. The summed E-state index contributed by atoms with van der Waals surface area (Å²) in [7, 11) is 0. The van der Waals surface area contributed by atoms with Gasteiger partial charge in [-0.25, -0.2) is 15.0 Å². The molecule has 0 unspecified atom stereocenters. The molecule has 2 heterocycles. The van der Waals surface area contributed by atoms with Crippen molar-refractivity contribution in [3.8, 4) is 56.4 Å². The molecule has 2 aromatic heterocycles. The van der Waals surface area contributed by atoms with E-state index in [9.17, 15) is 0 Å². The van der Waals surface area contributed by atoms with Gasteiger partial charge in [0.25, 0.3) is 0 Å². The lowest BCUT2D eigenvalue weighted by Crippen LogP contribution is -2.01. The summed E-state index contributed by atoms with van der Waals surface area (Å²) in [4.78, 5) is 15.7. The lowest BCUT2D eigenvalue weighted by molar-refractivity contribution is 0.673. The zero-order valence-electron chi connectivity index (χ0n) is 29.6. The molecule has 0 fully saturated rings. The minimum atomic E-state index is 0.594. The molecular weight excluding hydrogens is 671 g/mol. The van der Waals surface area contributed by atoms with E-state index in [0.29, 0.717) is 17.5 Å². The summed E-state index contributed by atoms with van der Waals surface area (Å²) in [6, 6.07) is 65.8. The first-order chi connectivity index (χ1) is 27.2. The maximum Gasteiger partial charge on any atom is 0.164 e. The van der Waals surface area contributed by atoms with E-state index >= 15 is 0 Å². The summed E-state index contributed by atoms with van der Waals surface area (Å²) in [6.07, 6.45) is 0. The van der Waals surface area contributed by atoms with Gasteiger partial charge in [-0.3, -0.25) is 0 Å². The maximum absolute atomic E-state index is 6.79. The standard InChI is InChI=1S/C51H31N3O/c1-3-12-32(13-4-1)36-23-24-38-30-41(27-25-37(38)28-36)50-52-49(40-26-22-33-14-7-8-17-35(33)29-40)53-51(54-50)44-31-39-18-11-20-42(34-15-5-2-6-16-34)46(39)48-47(44)43-19-9-10-21-45(43)55-48/h1-31H. The molecule has 0 amide bonds. The van der Waals surface area contributed by atoms with E-state index in [1.807, 2.05) is 24.3 Å². The van der Waals surface area contributed by atoms with Crippen molar-refractivity contribution in [3.63, 3.8) is 0 Å². The minimum Gasteiger partial charge on any atom is -0.455 e. The topological polar surface area (TPSA) is 51.8 Å². The molecule has 256 valence electrons. The van der Waals surface area contributed by atoms with Crippen LogP contribution in [0, 0.1) is 0 Å². The second-order valence-corrected chi connectivity index (χ2v) is 14.0. The van der Waals surface area contributed by atoms with Gasteiger partial charge in [-0.05, 0) is 79.5 Å². The van der Waals surface area contributed by atoms with Crippen LogP contribution in [0.3, 0.4) is 0 Å². The van der Waals surface area contributed by atoms with Crippen molar-refractivity contribution in [2.45, 2.75) is 0 Å². The Morgan fingerprint density at radius 3 is 1.60 bits per heavy atom. The molecule has 0 saturated carbocycles. The van der Waals surface area contributed by atoms with E-state index in [1.54, 1.807) is 0 Å². The Balaban J connectivity index is 1.16. The third-order valence-corrected chi connectivity index (χ3v) is 10.7. The monoisotopic (exact) mass is 701 g/mol. The number of fused-ring (bicyclic) bond motifs is 7. The van der Waals surface area contributed by atoms with Crippen LogP contribution in [-0.2, 0) is 0 Å². The predicted molar refractivity (Wildman–Crippen MR) is 227 cm³/mol. The molecule has 0 aliphatic rings. The van der Waals surface area contributed by atoms with Gasteiger partial charge in [0.2, 0.25) is 0 Å². The van der Waals surface area contributed by atoms with E-state index in [-0.39, 0.29) is 0 Å². The summed E-state index contributed by atoms with van der Waals surface area (Å²) in [5, 5.41) is 8.70. The van der Waals surface area contributed by atoms with E-state index in [2.05, 4.69) is 164 Å². The number of aromatic nitrogens is 3. The Hall–Kier alpha value is -7.43. The number of hydrogen-bond donors (Lipinski definition) is 0. The fourth-order valence-corrected chi connectivity index (χ4v) is 7.97. The van der Waals surface area contributed by atoms with Gasteiger partial charge in [0.1, 0.15) is 11.2 Å². The fraction of sp³-hybridized carbons (Fsp3) is 0. The van der Waals surface area contributed by atoms with Gasteiger partial charge in [-0.15, -0.1) is 0 Å². The Labute approximate surface area is 317 Å². The number of hydrogen-bond acceptors (Lipinski definition) is 4. The Morgan fingerprint density at radius 2 is 0.855 bits per heavy atom. The van der Waals surface area contributed by atoms with Crippen LogP contribution in [0.2, 0.25) is 0 Å². The van der Waals surface area contributed by atoms with E-state index in [4.69, 9.17) is 19.4 Å². The molecule has 4 heteroatoms. The van der Waals surface area contributed by atoms with Crippen LogP contribution in [0.5, 0.6) is 0 Å². The normalized spacial score (nSPS) is 11.6. The summed E-state index contributed by atoms with van der Waals surface area (Å²) in [5.41, 5.74) is 9.03. The van der Waals surface area contributed by atoms with E-state index in [1.165, 1.54) is 16.5 Å². The van der Waals surface area contributed by atoms with E-state index in [0.717, 1.165) is 76.7 Å². The van der Waals surface area contributed by atoms with E-state index < -0.39 is 0 Å². The largest absolute Gasteiger partial charge is 0.455 e. The third-order valence-electron chi connectivity index (χ3n) is 10.7. The second-order valence-electron chi connectivity index (χ2n) is 14.0. The molecule has 0 atom stereocenters. The molecule has 0 aliphatic carbocycles. The van der Waals surface area contributed by atoms with Crippen LogP contribution in [0.1, 0.15) is 0 Å². The van der Waals surface area contributed by atoms with Crippen LogP contribution < -0.4 is 0 Å². The molecule has 11 rings (SSSR count). The second kappa shape index (κ2) is 12.6. The van der Waals surface area contributed by atoms with Gasteiger partial charge in [-0.1, -0.05) is 158 Å². The number of para-hydroxylation sites is 1. The average molecular weight is 702 g/mol. The van der Waals surface area contributed by atoms with Gasteiger partial charge in [-0.2, -0.15) is 0 Å². The van der Waals surface area contributed by atoms with Gasteiger partial charge < -0.3 is 4.42 Å². The van der Waals surface area contributed by atoms with Crippen LogP contribution in [0.4, 0.5) is 0 Å². The SMILES string of the molecule is c1ccc(-c2ccc3cc(-c4nc(-c5ccc6ccccc6c5)nc(-c5cc6cccc(-c7ccccc7)c6c6oc7ccccc7c56)n4)ccc3c2)cc1. The first-order valence-electron chi connectivity index (χ1n) is 18.5.